The molecule has 0 saturated heterocycles. The van der Waals surface area contributed by atoms with Gasteiger partial charge in [-0.1, -0.05) is 6.42 Å². The van der Waals surface area contributed by atoms with Crippen molar-refractivity contribution in [2.45, 2.75) is 38.1 Å². The number of rotatable bonds is 10. The van der Waals surface area contributed by atoms with Crippen molar-refractivity contribution in [3.05, 3.63) is 0 Å². The van der Waals surface area contributed by atoms with Crippen molar-refractivity contribution in [1.29, 1.82) is 0 Å². The zero-order valence-electron chi connectivity index (χ0n) is 10.3. The minimum atomic E-state index is -0.379. The van der Waals surface area contributed by atoms with Crippen LogP contribution >= 0.6 is 0 Å². The summed E-state index contributed by atoms with van der Waals surface area (Å²) in [6, 6.07) is -0.379. The van der Waals surface area contributed by atoms with Crippen LogP contribution in [0.1, 0.15) is 32.1 Å². The number of carbonyl (C=O) groups is 1. The van der Waals surface area contributed by atoms with Gasteiger partial charge in [-0.15, -0.1) is 0 Å². The molecule has 5 nitrogen and oxygen atoms in total. The minimum Gasteiger partial charge on any atom is -0.355 e. The SMILES string of the molecule is CNCCCCNC(=O)[C@@H](N)CCCCN. The van der Waals surface area contributed by atoms with E-state index in [4.69, 9.17) is 11.5 Å². The third-order valence-corrected chi connectivity index (χ3v) is 2.46. The fraction of sp³-hybridized carbons (Fsp3) is 0.909. The molecular formula is C11H26N4O. The van der Waals surface area contributed by atoms with Crippen LogP contribution in [-0.4, -0.2) is 38.6 Å². The van der Waals surface area contributed by atoms with Crippen LogP contribution in [0.5, 0.6) is 0 Å². The largest absolute Gasteiger partial charge is 0.355 e. The lowest BCUT2D eigenvalue weighted by molar-refractivity contribution is -0.122. The van der Waals surface area contributed by atoms with Crippen molar-refractivity contribution in [2.75, 3.05) is 26.7 Å². The third kappa shape index (κ3) is 8.64. The predicted molar refractivity (Wildman–Crippen MR) is 67.1 cm³/mol. The van der Waals surface area contributed by atoms with Crippen LogP contribution in [0.3, 0.4) is 0 Å². The second-order valence-corrected chi connectivity index (χ2v) is 3.99. The van der Waals surface area contributed by atoms with Gasteiger partial charge in [0.05, 0.1) is 6.04 Å². The lowest BCUT2D eigenvalue weighted by Crippen LogP contribution is -2.41. The molecule has 0 unspecified atom stereocenters. The molecule has 6 N–H and O–H groups in total. The highest BCUT2D eigenvalue weighted by molar-refractivity contribution is 5.81. The van der Waals surface area contributed by atoms with Crippen molar-refractivity contribution >= 4 is 5.91 Å². The standard InChI is InChI=1S/C11H26N4O/c1-14-8-4-5-9-15-11(16)10(13)6-2-3-7-12/h10,14H,2-9,12-13H2,1H3,(H,15,16)/t10-/m0/s1. The van der Waals surface area contributed by atoms with Crippen LogP contribution < -0.4 is 22.1 Å². The summed E-state index contributed by atoms with van der Waals surface area (Å²) in [6.45, 7) is 2.36. The number of nitrogens with one attached hydrogen (secondary N) is 2. The highest BCUT2D eigenvalue weighted by Crippen LogP contribution is 1.98. The first-order chi connectivity index (χ1) is 7.72. The maximum absolute atomic E-state index is 11.5. The molecule has 0 rings (SSSR count). The number of amides is 1. The predicted octanol–water partition coefficient (Wildman–Crippen LogP) is -0.441. The number of carbonyl (C=O) groups excluding carboxylic acids is 1. The molecule has 0 aromatic heterocycles. The zero-order valence-corrected chi connectivity index (χ0v) is 10.3. The molecule has 0 aromatic carbocycles. The van der Waals surface area contributed by atoms with Gasteiger partial charge in [0.2, 0.25) is 5.91 Å². The van der Waals surface area contributed by atoms with E-state index in [9.17, 15) is 4.79 Å². The molecule has 0 spiro atoms. The molecular weight excluding hydrogens is 204 g/mol. The molecule has 16 heavy (non-hydrogen) atoms. The Hall–Kier alpha value is -0.650. The first kappa shape index (κ1) is 15.3. The molecule has 96 valence electrons. The van der Waals surface area contributed by atoms with Crippen molar-refractivity contribution < 1.29 is 4.79 Å². The van der Waals surface area contributed by atoms with E-state index in [1.165, 1.54) is 0 Å². The second-order valence-electron chi connectivity index (χ2n) is 3.99. The quantitative estimate of drug-likeness (QED) is 0.383. The summed E-state index contributed by atoms with van der Waals surface area (Å²) in [5, 5.41) is 5.91. The fourth-order valence-corrected chi connectivity index (χ4v) is 1.41. The highest BCUT2D eigenvalue weighted by Gasteiger charge is 2.11. The van der Waals surface area contributed by atoms with Gasteiger partial charge in [-0.25, -0.2) is 0 Å². The molecule has 0 bridgehead atoms. The third-order valence-electron chi connectivity index (χ3n) is 2.46. The van der Waals surface area contributed by atoms with E-state index in [-0.39, 0.29) is 11.9 Å². The molecule has 0 aromatic rings. The van der Waals surface area contributed by atoms with Crippen LogP contribution in [0.4, 0.5) is 0 Å². The topological polar surface area (TPSA) is 93.2 Å². The Morgan fingerprint density at radius 1 is 1.19 bits per heavy atom. The number of nitrogens with two attached hydrogens (primary N) is 2. The fourth-order valence-electron chi connectivity index (χ4n) is 1.41. The molecule has 0 saturated carbocycles. The van der Waals surface area contributed by atoms with Crippen LogP contribution in [-0.2, 0) is 4.79 Å². The van der Waals surface area contributed by atoms with Crippen molar-refractivity contribution in [2.24, 2.45) is 11.5 Å². The van der Waals surface area contributed by atoms with Gasteiger partial charge in [-0.2, -0.15) is 0 Å². The van der Waals surface area contributed by atoms with E-state index in [0.717, 1.165) is 38.6 Å². The Morgan fingerprint density at radius 3 is 2.50 bits per heavy atom. The Morgan fingerprint density at radius 2 is 1.88 bits per heavy atom. The van der Waals surface area contributed by atoms with Crippen LogP contribution in [0, 0.1) is 0 Å². The summed E-state index contributed by atoms with van der Waals surface area (Å²) in [7, 11) is 1.92. The summed E-state index contributed by atoms with van der Waals surface area (Å²) in [5.74, 6) is -0.0403. The van der Waals surface area contributed by atoms with Gasteiger partial charge in [0.25, 0.3) is 0 Å². The average Bonchev–Trinajstić information content (AvgIpc) is 2.28. The molecule has 5 heteroatoms. The molecule has 1 atom stereocenters. The molecule has 0 aliphatic carbocycles. The van der Waals surface area contributed by atoms with Crippen LogP contribution in [0.15, 0.2) is 0 Å². The number of hydrogen-bond acceptors (Lipinski definition) is 4. The Balaban J connectivity index is 3.40. The van der Waals surface area contributed by atoms with Gasteiger partial charge in [0.1, 0.15) is 0 Å². The van der Waals surface area contributed by atoms with Crippen molar-refractivity contribution in [1.82, 2.24) is 10.6 Å². The lowest BCUT2D eigenvalue weighted by Gasteiger charge is -2.11. The Labute approximate surface area is 98.3 Å². The minimum absolute atomic E-state index is 0.0403. The van der Waals surface area contributed by atoms with E-state index in [1.807, 2.05) is 7.05 Å². The second kappa shape index (κ2) is 10.9. The smallest absolute Gasteiger partial charge is 0.236 e. The summed E-state index contributed by atoms with van der Waals surface area (Å²) in [5.41, 5.74) is 11.1. The van der Waals surface area contributed by atoms with Gasteiger partial charge < -0.3 is 22.1 Å². The van der Waals surface area contributed by atoms with E-state index in [0.29, 0.717) is 13.1 Å². The van der Waals surface area contributed by atoms with Gasteiger partial charge >= 0.3 is 0 Å². The summed E-state index contributed by atoms with van der Waals surface area (Å²) < 4.78 is 0. The van der Waals surface area contributed by atoms with Crippen LogP contribution in [0.25, 0.3) is 0 Å². The monoisotopic (exact) mass is 230 g/mol. The summed E-state index contributed by atoms with van der Waals surface area (Å²) in [4.78, 5) is 11.5. The molecule has 0 aliphatic heterocycles. The van der Waals surface area contributed by atoms with Crippen LogP contribution in [0.2, 0.25) is 0 Å². The van der Waals surface area contributed by atoms with E-state index >= 15 is 0 Å². The molecule has 0 aliphatic rings. The van der Waals surface area contributed by atoms with E-state index < -0.39 is 0 Å². The lowest BCUT2D eigenvalue weighted by atomic mass is 10.1. The normalized spacial score (nSPS) is 12.4. The van der Waals surface area contributed by atoms with Crippen molar-refractivity contribution in [3.63, 3.8) is 0 Å². The van der Waals surface area contributed by atoms with Gasteiger partial charge in [0, 0.05) is 6.54 Å². The Bertz CT molecular complexity index is 175. The molecule has 0 fully saturated rings. The maximum atomic E-state index is 11.5. The first-order valence-electron chi connectivity index (χ1n) is 6.10. The zero-order chi connectivity index (χ0) is 12.2. The van der Waals surface area contributed by atoms with Crippen molar-refractivity contribution in [3.8, 4) is 0 Å². The summed E-state index contributed by atoms with van der Waals surface area (Å²) >= 11 is 0. The average molecular weight is 230 g/mol. The Kier molecular flexibility index (Phi) is 10.4. The number of unbranched alkanes of at least 4 members (excludes halogenated alkanes) is 2. The van der Waals surface area contributed by atoms with Gasteiger partial charge in [0.15, 0.2) is 0 Å². The van der Waals surface area contributed by atoms with Gasteiger partial charge in [-0.05, 0) is 45.8 Å². The van der Waals surface area contributed by atoms with E-state index in [2.05, 4.69) is 10.6 Å². The molecule has 1 amide bonds. The van der Waals surface area contributed by atoms with Gasteiger partial charge in [-0.3, -0.25) is 4.79 Å². The highest BCUT2D eigenvalue weighted by atomic mass is 16.2. The maximum Gasteiger partial charge on any atom is 0.236 e. The first-order valence-corrected chi connectivity index (χ1v) is 6.10. The molecule has 0 radical (unpaired) electrons. The number of hydrogen-bond donors (Lipinski definition) is 4. The van der Waals surface area contributed by atoms with E-state index in [1.54, 1.807) is 0 Å². The summed E-state index contributed by atoms with van der Waals surface area (Å²) in [6.07, 6.45) is 4.63. The molecule has 0 heterocycles.